The average Bonchev–Trinajstić information content (AvgIpc) is 3.33. The minimum Gasteiger partial charge on any atom is -0.337 e. The Hall–Kier alpha value is -1.40. The smallest absolute Gasteiger partial charge is 0.239 e. The minimum atomic E-state index is -0.0852. The number of halogens is 1. The van der Waals surface area contributed by atoms with Crippen LogP contribution in [0.4, 0.5) is 0 Å². The third-order valence-electron chi connectivity index (χ3n) is 6.02. The van der Waals surface area contributed by atoms with Gasteiger partial charge in [0.2, 0.25) is 5.91 Å². The summed E-state index contributed by atoms with van der Waals surface area (Å²) < 4.78 is 0. The Morgan fingerprint density at radius 1 is 1.26 bits per heavy atom. The maximum Gasteiger partial charge on any atom is 0.239 e. The SMILES string of the molecule is CC(C(=O)N1CCc2sccc2C1)N1C[C@@H](CN)[C@H](c2ccccc2)C1.Cl. The molecule has 1 saturated heterocycles. The van der Waals surface area contributed by atoms with Gasteiger partial charge in [0.1, 0.15) is 0 Å². The molecule has 146 valence electrons. The van der Waals surface area contributed by atoms with Crippen LogP contribution in [-0.2, 0) is 17.8 Å². The van der Waals surface area contributed by atoms with Crippen molar-refractivity contribution in [3.63, 3.8) is 0 Å². The summed E-state index contributed by atoms with van der Waals surface area (Å²) in [6.45, 7) is 6.15. The number of fused-ring (bicyclic) bond motifs is 1. The number of carbonyl (C=O) groups is 1. The molecule has 0 bridgehead atoms. The highest BCUT2D eigenvalue weighted by molar-refractivity contribution is 7.10. The van der Waals surface area contributed by atoms with E-state index < -0.39 is 0 Å². The lowest BCUT2D eigenvalue weighted by Gasteiger charge is -2.33. The fourth-order valence-electron chi connectivity index (χ4n) is 4.39. The molecule has 2 aliphatic heterocycles. The van der Waals surface area contributed by atoms with Gasteiger partial charge in [-0.3, -0.25) is 9.69 Å². The van der Waals surface area contributed by atoms with Crippen molar-refractivity contribution in [3.05, 3.63) is 57.8 Å². The highest BCUT2D eigenvalue weighted by Crippen LogP contribution is 2.33. The van der Waals surface area contributed by atoms with Crippen molar-refractivity contribution < 1.29 is 4.79 Å². The van der Waals surface area contributed by atoms with E-state index in [1.165, 1.54) is 16.0 Å². The maximum absolute atomic E-state index is 13.1. The summed E-state index contributed by atoms with van der Waals surface area (Å²) in [6, 6.07) is 12.7. The Balaban J connectivity index is 0.00000210. The highest BCUT2D eigenvalue weighted by atomic mass is 35.5. The van der Waals surface area contributed by atoms with Crippen molar-refractivity contribution in [2.75, 3.05) is 26.2 Å². The summed E-state index contributed by atoms with van der Waals surface area (Å²) in [5.41, 5.74) is 8.73. The van der Waals surface area contributed by atoms with Crippen LogP contribution in [0.5, 0.6) is 0 Å². The molecule has 4 rings (SSSR count). The van der Waals surface area contributed by atoms with Gasteiger partial charge in [-0.05, 0) is 48.4 Å². The first-order valence-corrected chi connectivity index (χ1v) is 10.4. The van der Waals surface area contributed by atoms with Crippen LogP contribution in [0.2, 0.25) is 0 Å². The van der Waals surface area contributed by atoms with Gasteiger partial charge < -0.3 is 10.6 Å². The molecule has 1 fully saturated rings. The second-order valence-corrected chi connectivity index (χ2v) is 8.52. The van der Waals surface area contributed by atoms with E-state index in [9.17, 15) is 4.79 Å². The summed E-state index contributed by atoms with van der Waals surface area (Å²) in [5, 5.41) is 2.14. The van der Waals surface area contributed by atoms with E-state index in [0.29, 0.717) is 18.4 Å². The second kappa shape index (κ2) is 8.74. The Bertz CT molecular complexity index is 766. The lowest BCUT2D eigenvalue weighted by Crippen LogP contribution is -2.47. The summed E-state index contributed by atoms with van der Waals surface area (Å²) in [6.07, 6.45) is 0.990. The van der Waals surface area contributed by atoms with Crippen LogP contribution < -0.4 is 5.73 Å². The quantitative estimate of drug-likeness (QED) is 0.850. The standard InChI is InChI=1S/C21H27N3OS.ClH/c1-15(21(25)23-9-7-20-17(12-23)8-10-26-20)24-13-18(11-22)19(14-24)16-5-3-2-4-6-16;/h2-6,8,10,15,18-19H,7,9,11-14,22H2,1H3;1H/t15?,18-,19+;/m1./s1. The Morgan fingerprint density at radius 2 is 2.04 bits per heavy atom. The van der Waals surface area contributed by atoms with Gasteiger partial charge in [0.25, 0.3) is 0 Å². The molecule has 1 amide bonds. The number of benzene rings is 1. The molecule has 4 nitrogen and oxygen atoms in total. The zero-order valence-electron chi connectivity index (χ0n) is 15.7. The first kappa shape index (κ1) is 20.3. The van der Waals surface area contributed by atoms with Gasteiger partial charge in [0, 0.05) is 37.0 Å². The Kier molecular flexibility index (Phi) is 6.58. The molecule has 0 aliphatic carbocycles. The van der Waals surface area contributed by atoms with E-state index in [1.807, 2.05) is 16.2 Å². The van der Waals surface area contributed by atoms with E-state index >= 15 is 0 Å². The number of hydrogen-bond donors (Lipinski definition) is 1. The van der Waals surface area contributed by atoms with E-state index in [4.69, 9.17) is 5.73 Å². The first-order valence-electron chi connectivity index (χ1n) is 9.50. The monoisotopic (exact) mass is 405 g/mol. The van der Waals surface area contributed by atoms with Gasteiger partial charge in [-0.2, -0.15) is 0 Å². The third kappa shape index (κ3) is 4.06. The number of likely N-dealkylation sites (tertiary alicyclic amines) is 1. The molecular formula is C21H28ClN3OS. The molecule has 0 spiro atoms. The summed E-state index contributed by atoms with van der Waals surface area (Å²) in [5.74, 6) is 1.09. The fraction of sp³-hybridized carbons (Fsp3) is 0.476. The van der Waals surface area contributed by atoms with Gasteiger partial charge in [-0.1, -0.05) is 30.3 Å². The molecule has 2 N–H and O–H groups in total. The van der Waals surface area contributed by atoms with Gasteiger partial charge >= 0.3 is 0 Å². The molecule has 6 heteroatoms. The van der Waals surface area contributed by atoms with Gasteiger partial charge in [0.05, 0.1) is 6.04 Å². The molecule has 1 aromatic heterocycles. The molecule has 2 aliphatic rings. The van der Waals surface area contributed by atoms with Crippen LogP contribution in [0.25, 0.3) is 0 Å². The van der Waals surface area contributed by atoms with E-state index in [2.05, 4.69) is 53.6 Å². The molecule has 0 radical (unpaired) electrons. The molecule has 1 unspecified atom stereocenters. The zero-order valence-corrected chi connectivity index (χ0v) is 17.3. The molecule has 3 heterocycles. The molecule has 3 atom stereocenters. The normalized spacial score (nSPS) is 23.6. The number of rotatable bonds is 4. The topological polar surface area (TPSA) is 49.6 Å². The predicted octanol–water partition coefficient (Wildman–Crippen LogP) is 3.12. The van der Waals surface area contributed by atoms with Crippen molar-refractivity contribution in [3.8, 4) is 0 Å². The second-order valence-electron chi connectivity index (χ2n) is 7.52. The summed E-state index contributed by atoms with van der Waals surface area (Å²) in [7, 11) is 0. The maximum atomic E-state index is 13.1. The van der Waals surface area contributed by atoms with Gasteiger partial charge in [0.15, 0.2) is 0 Å². The first-order chi connectivity index (χ1) is 12.7. The fourth-order valence-corrected chi connectivity index (χ4v) is 5.28. The average molecular weight is 406 g/mol. The van der Waals surface area contributed by atoms with Crippen LogP contribution in [0.15, 0.2) is 41.8 Å². The van der Waals surface area contributed by atoms with Crippen LogP contribution in [-0.4, -0.2) is 47.9 Å². The molecule has 0 saturated carbocycles. The number of nitrogens with zero attached hydrogens (tertiary/aromatic N) is 2. The third-order valence-corrected chi connectivity index (χ3v) is 7.05. The highest BCUT2D eigenvalue weighted by Gasteiger charge is 2.38. The molecule has 1 aromatic carbocycles. The van der Waals surface area contributed by atoms with Crippen LogP contribution in [0, 0.1) is 5.92 Å². The van der Waals surface area contributed by atoms with Crippen LogP contribution in [0.3, 0.4) is 0 Å². The lowest BCUT2D eigenvalue weighted by molar-refractivity contribution is -0.137. The predicted molar refractivity (Wildman–Crippen MR) is 113 cm³/mol. The zero-order chi connectivity index (χ0) is 18.1. The van der Waals surface area contributed by atoms with Crippen molar-refractivity contribution in [2.45, 2.75) is 31.8 Å². The molecule has 2 aromatic rings. The Labute approximate surface area is 171 Å². The Morgan fingerprint density at radius 3 is 2.78 bits per heavy atom. The van der Waals surface area contributed by atoms with Crippen molar-refractivity contribution in [1.82, 2.24) is 9.80 Å². The van der Waals surface area contributed by atoms with E-state index in [1.54, 1.807) is 0 Å². The number of amides is 1. The largest absolute Gasteiger partial charge is 0.337 e. The number of thiophene rings is 1. The number of nitrogens with two attached hydrogens (primary N) is 1. The number of carbonyl (C=O) groups excluding carboxylic acids is 1. The van der Waals surface area contributed by atoms with E-state index in [0.717, 1.165) is 32.6 Å². The van der Waals surface area contributed by atoms with E-state index in [-0.39, 0.29) is 24.4 Å². The molecular weight excluding hydrogens is 378 g/mol. The van der Waals surface area contributed by atoms with Crippen molar-refractivity contribution >= 4 is 29.7 Å². The lowest BCUT2D eigenvalue weighted by atomic mass is 9.89. The van der Waals surface area contributed by atoms with Crippen LogP contribution >= 0.6 is 23.7 Å². The molecule has 27 heavy (non-hydrogen) atoms. The van der Waals surface area contributed by atoms with Gasteiger partial charge in [-0.25, -0.2) is 0 Å². The number of hydrogen-bond acceptors (Lipinski definition) is 4. The summed E-state index contributed by atoms with van der Waals surface area (Å²) >= 11 is 1.81. The van der Waals surface area contributed by atoms with Crippen molar-refractivity contribution in [2.24, 2.45) is 11.7 Å². The van der Waals surface area contributed by atoms with Crippen LogP contribution in [0.1, 0.15) is 28.8 Å². The van der Waals surface area contributed by atoms with Crippen molar-refractivity contribution in [1.29, 1.82) is 0 Å². The van der Waals surface area contributed by atoms with Gasteiger partial charge in [-0.15, -0.1) is 23.7 Å². The summed E-state index contributed by atoms with van der Waals surface area (Å²) in [4.78, 5) is 18.9. The minimum absolute atomic E-state index is 0.